The van der Waals surface area contributed by atoms with Crippen molar-refractivity contribution in [1.82, 2.24) is 14.8 Å². The van der Waals surface area contributed by atoms with Crippen molar-refractivity contribution in [3.63, 3.8) is 0 Å². The molecule has 1 fully saturated rings. The highest BCUT2D eigenvalue weighted by Crippen LogP contribution is 2.42. The molecule has 2 aliphatic rings. The third-order valence-electron chi connectivity index (χ3n) is 3.44. The minimum Gasteiger partial charge on any atom is -0.319 e. The average molecular weight is 192 g/mol. The van der Waals surface area contributed by atoms with Crippen molar-refractivity contribution in [3.05, 3.63) is 11.6 Å². The lowest BCUT2D eigenvalue weighted by molar-refractivity contribution is 0.395. The molecule has 0 aromatic carbocycles. The molecule has 1 aliphatic heterocycles. The van der Waals surface area contributed by atoms with E-state index >= 15 is 0 Å². The topological polar surface area (TPSA) is 56.7 Å². The first-order valence-corrected chi connectivity index (χ1v) is 5.40. The number of fused-ring (bicyclic) bond motifs is 1. The molecule has 1 aromatic heterocycles. The van der Waals surface area contributed by atoms with Crippen LogP contribution in [-0.4, -0.2) is 14.8 Å². The van der Waals surface area contributed by atoms with Gasteiger partial charge in [-0.15, -0.1) is 10.2 Å². The summed E-state index contributed by atoms with van der Waals surface area (Å²) >= 11 is 0. The normalized spacial score (nSPS) is 28.6. The van der Waals surface area contributed by atoms with Crippen LogP contribution in [0, 0.1) is 5.92 Å². The van der Waals surface area contributed by atoms with Crippen molar-refractivity contribution in [1.29, 1.82) is 0 Å². The molecule has 76 valence electrons. The van der Waals surface area contributed by atoms with Gasteiger partial charge in [0.2, 0.25) is 0 Å². The maximum absolute atomic E-state index is 6.15. The highest BCUT2D eigenvalue weighted by atomic mass is 15.3. The smallest absolute Gasteiger partial charge is 0.153 e. The van der Waals surface area contributed by atoms with E-state index in [1.54, 1.807) is 0 Å². The molecule has 0 radical (unpaired) electrons. The molecule has 14 heavy (non-hydrogen) atoms. The van der Waals surface area contributed by atoms with E-state index in [1.165, 1.54) is 6.42 Å². The van der Waals surface area contributed by atoms with Crippen LogP contribution in [0.4, 0.5) is 0 Å². The van der Waals surface area contributed by atoms with E-state index < -0.39 is 0 Å². The Morgan fingerprint density at radius 2 is 2.21 bits per heavy atom. The van der Waals surface area contributed by atoms with Crippen LogP contribution in [-0.2, 0) is 18.5 Å². The fraction of sp³-hybridized carbons (Fsp3) is 0.800. The zero-order valence-electron chi connectivity index (χ0n) is 8.53. The quantitative estimate of drug-likeness (QED) is 0.716. The maximum atomic E-state index is 6.15. The van der Waals surface area contributed by atoms with Crippen LogP contribution in [0.3, 0.4) is 0 Å². The van der Waals surface area contributed by atoms with Crippen molar-refractivity contribution in [2.75, 3.05) is 0 Å². The zero-order chi connectivity index (χ0) is 9.76. The highest BCUT2D eigenvalue weighted by Gasteiger charge is 2.45. The first-order chi connectivity index (χ1) is 6.69. The predicted octanol–water partition coefficient (Wildman–Crippen LogP) is 0.808. The molecule has 3 rings (SSSR count). The Balaban J connectivity index is 2.00. The fourth-order valence-electron chi connectivity index (χ4n) is 2.21. The van der Waals surface area contributed by atoms with E-state index in [2.05, 4.69) is 21.7 Å². The van der Waals surface area contributed by atoms with E-state index in [4.69, 9.17) is 5.73 Å². The molecule has 0 saturated heterocycles. The van der Waals surface area contributed by atoms with Crippen molar-refractivity contribution < 1.29 is 0 Å². The molecule has 1 aliphatic carbocycles. The minimum atomic E-state index is -0.133. The molecule has 4 nitrogen and oxygen atoms in total. The number of hydrogen-bond acceptors (Lipinski definition) is 3. The molecule has 1 atom stereocenters. The van der Waals surface area contributed by atoms with Crippen molar-refractivity contribution in [2.45, 2.75) is 44.7 Å². The zero-order valence-corrected chi connectivity index (χ0v) is 8.53. The van der Waals surface area contributed by atoms with Gasteiger partial charge in [-0.25, -0.2) is 0 Å². The monoisotopic (exact) mass is 192 g/mol. The Kier molecular flexibility index (Phi) is 1.54. The molecule has 2 N–H and O–H groups in total. The van der Waals surface area contributed by atoms with Crippen molar-refractivity contribution >= 4 is 0 Å². The van der Waals surface area contributed by atoms with Crippen LogP contribution >= 0.6 is 0 Å². The van der Waals surface area contributed by atoms with E-state index in [-0.39, 0.29) is 5.54 Å². The second kappa shape index (κ2) is 2.57. The number of nitrogens with zero attached hydrogens (tertiary/aromatic N) is 3. The van der Waals surface area contributed by atoms with Gasteiger partial charge in [0.05, 0.1) is 5.54 Å². The van der Waals surface area contributed by atoms with E-state index in [1.807, 2.05) is 0 Å². The van der Waals surface area contributed by atoms with Gasteiger partial charge in [0, 0.05) is 13.0 Å². The lowest BCUT2D eigenvalue weighted by Crippen LogP contribution is -2.27. The summed E-state index contributed by atoms with van der Waals surface area (Å²) in [7, 11) is 0. The summed E-state index contributed by atoms with van der Waals surface area (Å²) in [6, 6.07) is 0. The molecule has 0 amide bonds. The summed E-state index contributed by atoms with van der Waals surface area (Å²) < 4.78 is 2.24. The summed E-state index contributed by atoms with van der Waals surface area (Å²) in [5, 5.41) is 8.50. The van der Waals surface area contributed by atoms with Gasteiger partial charge in [-0.1, -0.05) is 6.92 Å². The van der Waals surface area contributed by atoms with Crippen LogP contribution in [0.1, 0.15) is 37.8 Å². The SMILES string of the molecule is CC1CCn2c(nnc2C2(N)CC2)C1. The van der Waals surface area contributed by atoms with Gasteiger partial charge in [0.25, 0.3) is 0 Å². The Morgan fingerprint density at radius 3 is 2.93 bits per heavy atom. The number of rotatable bonds is 1. The average Bonchev–Trinajstić information content (AvgIpc) is 2.77. The lowest BCUT2D eigenvalue weighted by atomic mass is 10.00. The van der Waals surface area contributed by atoms with Crippen molar-refractivity contribution in [3.8, 4) is 0 Å². The van der Waals surface area contributed by atoms with Gasteiger partial charge in [-0.05, 0) is 25.2 Å². The number of hydrogen-bond donors (Lipinski definition) is 1. The van der Waals surface area contributed by atoms with Crippen LogP contribution in [0.25, 0.3) is 0 Å². The summed E-state index contributed by atoms with van der Waals surface area (Å²) in [5.74, 6) is 2.90. The Labute approximate surface area is 83.5 Å². The Morgan fingerprint density at radius 1 is 1.43 bits per heavy atom. The molecule has 2 heterocycles. The first-order valence-electron chi connectivity index (χ1n) is 5.40. The highest BCUT2D eigenvalue weighted by molar-refractivity contribution is 5.17. The third kappa shape index (κ3) is 1.10. The second-order valence-electron chi connectivity index (χ2n) is 4.85. The molecule has 1 unspecified atom stereocenters. The molecule has 0 spiro atoms. The summed E-state index contributed by atoms with van der Waals surface area (Å²) in [4.78, 5) is 0. The van der Waals surface area contributed by atoms with E-state index in [0.717, 1.165) is 43.4 Å². The Hall–Kier alpha value is -0.900. The molecule has 4 heteroatoms. The summed E-state index contributed by atoms with van der Waals surface area (Å²) in [6.45, 7) is 3.32. The van der Waals surface area contributed by atoms with Crippen LogP contribution < -0.4 is 5.73 Å². The number of aromatic nitrogens is 3. The molecule has 1 aromatic rings. The van der Waals surface area contributed by atoms with Gasteiger partial charge in [-0.3, -0.25) is 0 Å². The minimum absolute atomic E-state index is 0.133. The van der Waals surface area contributed by atoms with Gasteiger partial charge >= 0.3 is 0 Å². The second-order valence-corrected chi connectivity index (χ2v) is 4.85. The molecular formula is C10H16N4. The summed E-state index contributed by atoms with van der Waals surface area (Å²) in [6.07, 6.45) is 4.43. The van der Waals surface area contributed by atoms with Crippen molar-refractivity contribution in [2.24, 2.45) is 11.7 Å². The predicted molar refractivity (Wildman–Crippen MR) is 52.6 cm³/mol. The van der Waals surface area contributed by atoms with E-state index in [0.29, 0.717) is 0 Å². The standard InChI is InChI=1S/C10H16N4/c1-7-2-5-14-8(6-7)12-13-9(14)10(11)3-4-10/h7H,2-6,11H2,1H3. The van der Waals surface area contributed by atoms with Crippen LogP contribution in [0.2, 0.25) is 0 Å². The van der Waals surface area contributed by atoms with Gasteiger partial charge in [-0.2, -0.15) is 0 Å². The van der Waals surface area contributed by atoms with Crippen LogP contribution in [0.15, 0.2) is 0 Å². The third-order valence-corrected chi connectivity index (χ3v) is 3.44. The van der Waals surface area contributed by atoms with Gasteiger partial charge in [0.15, 0.2) is 5.82 Å². The lowest BCUT2D eigenvalue weighted by Gasteiger charge is -2.21. The fourth-order valence-corrected chi connectivity index (χ4v) is 2.21. The molecule has 1 saturated carbocycles. The maximum Gasteiger partial charge on any atom is 0.153 e. The first kappa shape index (κ1) is 8.41. The van der Waals surface area contributed by atoms with Gasteiger partial charge < -0.3 is 10.3 Å². The molecule has 0 bridgehead atoms. The van der Waals surface area contributed by atoms with E-state index in [9.17, 15) is 0 Å². The largest absolute Gasteiger partial charge is 0.319 e. The van der Waals surface area contributed by atoms with Gasteiger partial charge in [0.1, 0.15) is 5.82 Å². The molecular weight excluding hydrogens is 176 g/mol. The summed E-state index contributed by atoms with van der Waals surface area (Å²) in [5.41, 5.74) is 6.01. The number of nitrogens with two attached hydrogens (primary N) is 1. The Bertz CT molecular complexity index is 364. The van der Waals surface area contributed by atoms with Crippen LogP contribution in [0.5, 0.6) is 0 Å².